The number of nitrogen functional groups attached to an aromatic ring is 1. The van der Waals surface area contributed by atoms with Crippen LogP contribution in [0.2, 0.25) is 10.0 Å². The Morgan fingerprint density at radius 3 is 1.41 bits per heavy atom. The van der Waals surface area contributed by atoms with Crippen LogP contribution in [0.25, 0.3) is 21.8 Å². The minimum atomic E-state index is -0.637. The van der Waals surface area contributed by atoms with E-state index in [1.807, 2.05) is 44.4 Å². The molecular formula is C75H94Cl2N10O12. The number of Topliss-reactive ketones (excluding diaryl/α,β-unsaturated/α-hetero) is 1. The molecule has 1 aliphatic heterocycles. The largest absolute Gasteiger partial charge is 0.490 e. The Morgan fingerprint density at radius 2 is 1.02 bits per heavy atom. The van der Waals surface area contributed by atoms with E-state index < -0.39 is 11.8 Å². The predicted molar refractivity (Wildman–Crippen MR) is 388 cm³/mol. The molecule has 5 heterocycles. The van der Waals surface area contributed by atoms with E-state index in [2.05, 4.69) is 87.4 Å². The topological polar surface area (TPSA) is 285 Å². The van der Waals surface area contributed by atoms with Gasteiger partial charge in [0, 0.05) is 123 Å². The first-order valence-electron chi connectivity index (χ1n) is 32.7. The molecule has 0 radical (unpaired) electrons. The van der Waals surface area contributed by atoms with Crippen molar-refractivity contribution < 1.29 is 57.1 Å². The molecule has 0 aliphatic carbocycles. The number of methoxy groups -OCH3 is 2. The van der Waals surface area contributed by atoms with E-state index in [9.17, 15) is 19.2 Å². The number of aryl methyl sites for hydroxylation is 2. The van der Waals surface area contributed by atoms with Gasteiger partial charge in [-0.15, -0.1) is 0 Å². The second-order valence-electron chi connectivity index (χ2n) is 25.0. The molecule has 0 unspecified atom stereocenters. The average molecular weight is 1400 g/mol. The number of primary amides is 2. The van der Waals surface area contributed by atoms with Gasteiger partial charge in [-0.05, 0) is 111 Å². The van der Waals surface area contributed by atoms with E-state index >= 15 is 0 Å². The van der Waals surface area contributed by atoms with Gasteiger partial charge in [-0.3, -0.25) is 38.5 Å². The second kappa shape index (κ2) is 38.3. The van der Waals surface area contributed by atoms with Gasteiger partial charge in [-0.2, -0.15) is 10.2 Å². The third-order valence-corrected chi connectivity index (χ3v) is 16.1. The Balaban J connectivity index is 0.000000225. The molecule has 0 bridgehead atoms. The molecule has 1 aliphatic rings. The molecule has 530 valence electrons. The van der Waals surface area contributed by atoms with Gasteiger partial charge in [0.05, 0.1) is 63.9 Å². The van der Waals surface area contributed by atoms with Crippen molar-refractivity contribution in [1.82, 2.24) is 34.4 Å². The number of rotatable bonds is 24. The summed E-state index contributed by atoms with van der Waals surface area (Å²) in [5.74, 6) is 1.65. The van der Waals surface area contributed by atoms with E-state index in [4.69, 9.17) is 78.3 Å². The van der Waals surface area contributed by atoms with Crippen LogP contribution in [0.1, 0.15) is 124 Å². The number of ketones is 1. The number of amides is 2. The monoisotopic (exact) mass is 1400 g/mol. The summed E-state index contributed by atoms with van der Waals surface area (Å²) in [6.07, 6.45) is 6.41. The van der Waals surface area contributed by atoms with Crippen LogP contribution in [-0.2, 0) is 68.0 Å². The summed E-state index contributed by atoms with van der Waals surface area (Å²) in [4.78, 5) is 59.9. The van der Waals surface area contributed by atoms with Crippen LogP contribution in [0.5, 0.6) is 40.2 Å². The number of para-hydroxylation sites is 1. The van der Waals surface area contributed by atoms with Crippen molar-refractivity contribution in [2.45, 2.75) is 105 Å². The predicted octanol–water partition coefficient (Wildman–Crippen LogP) is 13.6. The Hall–Kier alpha value is -9.16. The molecule has 99 heavy (non-hydrogen) atoms. The van der Waals surface area contributed by atoms with E-state index in [0.29, 0.717) is 96.6 Å². The van der Waals surface area contributed by atoms with E-state index in [-0.39, 0.29) is 66.2 Å². The summed E-state index contributed by atoms with van der Waals surface area (Å²) in [5, 5.41) is 11.0. The standard InChI is InChI=1S/C30H33ClN4O5.C19H18ClN3O4.C16H20N2O2.C6H15N.C4H8O/c1-30(2,3)28-14-19(35(4)34-28)13-20(36)12-18-6-7-21(15-24(18)31)40-26-8-9-33-25-17-27(39-11-10-38-5)23(29(32)37)16-22(25)26;1-25-6-7-26-18-10-16-12(9-13(18)19(22)24)17(4-5-23-16)27-11-2-3-15(21)14(20)8-11;1-16(2,3)14-10-12(18(4)17-14)11-15(19)20-13-8-6-5-7-9-13;1-4-7(5-2)6-3;1-2-4-5-3-1/h6-9,14-17H,10-13H2,1-5H3,(H2,32,37);2-5,8-10H,6-7,21H2,1H3,(H2,22,24);5-10H,11H2,1-4H3;4-6H2,1-3H3;1-4H2. The Bertz CT molecular complexity index is 4110. The maximum Gasteiger partial charge on any atom is 0.317 e. The number of aromatic nitrogens is 6. The number of ether oxygens (including phenoxy) is 8. The molecule has 0 spiro atoms. The summed E-state index contributed by atoms with van der Waals surface area (Å²) >= 11 is 12.6. The second-order valence-corrected chi connectivity index (χ2v) is 25.8. The third kappa shape index (κ3) is 24.4. The number of fused-ring (bicyclic) bond motifs is 2. The first kappa shape index (κ1) is 78.8. The van der Waals surface area contributed by atoms with Gasteiger partial charge in [0.2, 0.25) is 0 Å². The first-order valence-corrected chi connectivity index (χ1v) is 33.4. The fraction of sp³-hybridized carbons (Fsp3) is 0.387. The van der Waals surface area contributed by atoms with Crippen molar-refractivity contribution in [3.8, 4) is 40.2 Å². The van der Waals surface area contributed by atoms with Gasteiger partial charge >= 0.3 is 5.97 Å². The molecule has 2 amide bonds. The molecule has 10 rings (SSSR count). The van der Waals surface area contributed by atoms with Crippen molar-refractivity contribution in [2.24, 2.45) is 25.6 Å². The Labute approximate surface area is 590 Å². The van der Waals surface area contributed by atoms with Gasteiger partial charge < -0.3 is 60.0 Å². The summed E-state index contributed by atoms with van der Waals surface area (Å²) < 4.78 is 47.0. The number of carbonyl (C=O) groups is 4. The summed E-state index contributed by atoms with van der Waals surface area (Å²) in [6, 6.07) is 33.0. The lowest BCUT2D eigenvalue weighted by molar-refractivity contribution is -0.133. The molecule has 9 aromatic rings. The summed E-state index contributed by atoms with van der Waals surface area (Å²) in [5.41, 5.74) is 23.1. The number of halogens is 2. The zero-order valence-corrected chi connectivity index (χ0v) is 60.6. The van der Waals surface area contributed by atoms with E-state index in [1.165, 1.54) is 32.5 Å². The smallest absolute Gasteiger partial charge is 0.317 e. The quantitative estimate of drug-likeness (QED) is 0.0219. The lowest BCUT2D eigenvalue weighted by Crippen LogP contribution is -2.21. The minimum absolute atomic E-state index is 0.0284. The van der Waals surface area contributed by atoms with Crippen LogP contribution < -0.4 is 40.9 Å². The number of hydrogen-bond donors (Lipinski definition) is 3. The zero-order valence-electron chi connectivity index (χ0n) is 59.0. The van der Waals surface area contributed by atoms with Gasteiger partial charge in [0.1, 0.15) is 59.2 Å². The fourth-order valence-electron chi connectivity index (χ4n) is 9.67. The molecule has 0 saturated carbocycles. The van der Waals surface area contributed by atoms with Crippen LogP contribution >= 0.6 is 23.2 Å². The minimum Gasteiger partial charge on any atom is -0.490 e. The van der Waals surface area contributed by atoms with Gasteiger partial charge in [-0.25, -0.2) is 0 Å². The van der Waals surface area contributed by atoms with Crippen molar-refractivity contribution >= 4 is 74.3 Å². The number of hydrogen-bond acceptors (Lipinski definition) is 18. The SMILES string of the molecule is C1CCOC1.CCN(CC)CC.COCCOc1cc2nccc(Oc3ccc(CC(=O)Cc4cc(C(C)(C)C)nn4C)c(Cl)c3)c2cc1C(N)=O.COCCOc1cc2nccc(Oc3ccc(N)c(Cl)c3)c2cc1C(N)=O.Cn1nc(C(C)(C)C)cc1CC(=O)Oc1ccccc1. The van der Waals surface area contributed by atoms with Crippen molar-refractivity contribution in [3.05, 3.63) is 177 Å². The Kier molecular flexibility index (Phi) is 30.5. The molecular weight excluding hydrogens is 1300 g/mol. The van der Waals surface area contributed by atoms with E-state index in [1.54, 1.807) is 121 Å². The lowest BCUT2D eigenvalue weighted by Gasteiger charge is -2.14. The van der Waals surface area contributed by atoms with Gasteiger partial charge in [-0.1, -0.05) is 110 Å². The van der Waals surface area contributed by atoms with Crippen molar-refractivity contribution in [3.63, 3.8) is 0 Å². The highest BCUT2D eigenvalue weighted by Crippen LogP contribution is 2.37. The molecule has 1 saturated heterocycles. The number of nitrogens with two attached hydrogens (primary N) is 3. The molecule has 4 aromatic heterocycles. The molecule has 22 nitrogen and oxygen atoms in total. The molecule has 1 fully saturated rings. The average Bonchev–Trinajstić information content (AvgIpc) is 1.72. The number of anilines is 1. The molecule has 6 N–H and O–H groups in total. The highest BCUT2D eigenvalue weighted by Gasteiger charge is 2.23. The van der Waals surface area contributed by atoms with Gasteiger partial charge in [0.25, 0.3) is 11.8 Å². The van der Waals surface area contributed by atoms with E-state index in [0.717, 1.165) is 36.0 Å². The van der Waals surface area contributed by atoms with Crippen LogP contribution in [0.15, 0.2) is 128 Å². The molecule has 5 aromatic carbocycles. The molecule has 0 atom stereocenters. The molecule has 24 heteroatoms. The maximum absolute atomic E-state index is 12.9. The van der Waals surface area contributed by atoms with Crippen molar-refractivity contribution in [2.75, 3.05) is 79.2 Å². The highest BCUT2D eigenvalue weighted by molar-refractivity contribution is 6.33. The zero-order chi connectivity index (χ0) is 72.4. The summed E-state index contributed by atoms with van der Waals surface area (Å²) in [6.45, 7) is 26.0. The maximum atomic E-state index is 12.9. The highest BCUT2D eigenvalue weighted by atomic mass is 35.5. The normalized spacial score (nSPS) is 11.8. The van der Waals surface area contributed by atoms with Crippen LogP contribution in [0, 0.1) is 0 Å². The fourth-order valence-corrected chi connectivity index (χ4v) is 10.1. The van der Waals surface area contributed by atoms with Crippen LogP contribution in [0.4, 0.5) is 5.69 Å². The van der Waals surface area contributed by atoms with Crippen LogP contribution in [0.3, 0.4) is 0 Å². The Morgan fingerprint density at radius 1 is 0.556 bits per heavy atom. The lowest BCUT2D eigenvalue weighted by atomic mass is 9.92. The van der Waals surface area contributed by atoms with Crippen LogP contribution in [-0.4, -0.2) is 131 Å². The first-order chi connectivity index (χ1) is 47.2. The number of esters is 1. The van der Waals surface area contributed by atoms with Gasteiger partial charge in [0.15, 0.2) is 0 Å². The summed E-state index contributed by atoms with van der Waals surface area (Å²) in [7, 11) is 6.82. The number of nitrogens with zero attached hydrogens (tertiary/aromatic N) is 7. The number of carbonyl (C=O) groups excluding carboxylic acids is 4. The third-order valence-electron chi connectivity index (χ3n) is 15.4. The number of pyridine rings is 2. The van der Waals surface area contributed by atoms with Crippen molar-refractivity contribution in [1.29, 1.82) is 0 Å². The number of benzene rings is 5.